The third-order valence-electron chi connectivity index (χ3n) is 4.11. The lowest BCUT2D eigenvalue weighted by molar-refractivity contribution is 0.0690. The summed E-state index contributed by atoms with van der Waals surface area (Å²) in [6.07, 6.45) is 2.17. The Bertz CT molecular complexity index is 733. The summed E-state index contributed by atoms with van der Waals surface area (Å²) in [7, 11) is 0. The van der Waals surface area contributed by atoms with Crippen molar-refractivity contribution in [1.82, 2.24) is 10.3 Å². The van der Waals surface area contributed by atoms with Crippen molar-refractivity contribution in [3.8, 4) is 0 Å². The van der Waals surface area contributed by atoms with Gasteiger partial charge in [0.15, 0.2) is 0 Å². The minimum atomic E-state index is -1.15. The van der Waals surface area contributed by atoms with E-state index in [0.29, 0.717) is 13.2 Å². The van der Waals surface area contributed by atoms with Gasteiger partial charge in [-0.05, 0) is 24.1 Å². The Labute approximate surface area is 139 Å². The van der Waals surface area contributed by atoms with E-state index in [2.05, 4.69) is 10.3 Å². The molecule has 1 saturated heterocycles. The number of aromatic carboxylic acids is 1. The van der Waals surface area contributed by atoms with Gasteiger partial charge in [0, 0.05) is 30.8 Å². The molecule has 6 heteroatoms. The Morgan fingerprint density at radius 3 is 2.79 bits per heavy atom. The number of carboxylic acids is 1. The summed E-state index contributed by atoms with van der Waals surface area (Å²) in [5.74, 6) is -1.27. The molecule has 2 aromatic rings. The van der Waals surface area contributed by atoms with Crippen LogP contribution in [0.15, 0.2) is 48.7 Å². The minimum Gasteiger partial charge on any atom is -0.477 e. The molecule has 0 spiro atoms. The highest BCUT2D eigenvalue weighted by molar-refractivity contribution is 5.96. The standard InChI is InChI=1S/C18H18N2O4/c21-17(13-6-8-19-15(10-13)18(22)23)20-11-14-7-9-24-16(14)12-4-2-1-3-5-12/h1-6,8,10,14,16H,7,9,11H2,(H,20,21)(H,22,23)/t14-,16-/m0/s1. The lowest BCUT2D eigenvalue weighted by Crippen LogP contribution is -2.30. The van der Waals surface area contributed by atoms with E-state index in [1.54, 1.807) is 0 Å². The van der Waals surface area contributed by atoms with Crippen molar-refractivity contribution in [3.63, 3.8) is 0 Å². The van der Waals surface area contributed by atoms with Crippen LogP contribution in [0, 0.1) is 5.92 Å². The van der Waals surface area contributed by atoms with E-state index in [-0.39, 0.29) is 29.2 Å². The maximum Gasteiger partial charge on any atom is 0.354 e. The number of aromatic nitrogens is 1. The van der Waals surface area contributed by atoms with Crippen molar-refractivity contribution in [1.29, 1.82) is 0 Å². The Hall–Kier alpha value is -2.73. The summed E-state index contributed by atoms with van der Waals surface area (Å²) >= 11 is 0. The number of hydrogen-bond acceptors (Lipinski definition) is 4. The van der Waals surface area contributed by atoms with Gasteiger partial charge in [-0.15, -0.1) is 0 Å². The number of nitrogens with zero attached hydrogens (tertiary/aromatic N) is 1. The number of rotatable bonds is 5. The van der Waals surface area contributed by atoms with Gasteiger partial charge in [0.1, 0.15) is 5.69 Å². The van der Waals surface area contributed by atoms with Crippen LogP contribution in [0.2, 0.25) is 0 Å². The van der Waals surface area contributed by atoms with Crippen molar-refractivity contribution in [2.75, 3.05) is 13.2 Å². The molecule has 6 nitrogen and oxygen atoms in total. The van der Waals surface area contributed by atoms with E-state index in [1.165, 1.54) is 18.3 Å². The van der Waals surface area contributed by atoms with Gasteiger partial charge in [0.25, 0.3) is 5.91 Å². The molecule has 2 atom stereocenters. The molecule has 3 rings (SSSR count). The fourth-order valence-electron chi connectivity index (χ4n) is 2.87. The van der Waals surface area contributed by atoms with Gasteiger partial charge in [-0.2, -0.15) is 0 Å². The number of benzene rings is 1. The second-order valence-corrected chi connectivity index (χ2v) is 5.70. The van der Waals surface area contributed by atoms with Crippen LogP contribution in [-0.4, -0.2) is 35.1 Å². The molecule has 1 aromatic heterocycles. The van der Waals surface area contributed by atoms with Gasteiger partial charge in [0.2, 0.25) is 0 Å². The Morgan fingerprint density at radius 2 is 2.04 bits per heavy atom. The molecule has 0 unspecified atom stereocenters. The number of hydrogen-bond donors (Lipinski definition) is 2. The average molecular weight is 326 g/mol. The molecule has 2 heterocycles. The molecule has 1 aliphatic heterocycles. The first kappa shape index (κ1) is 16.1. The number of amides is 1. The molecule has 1 aromatic carbocycles. The van der Waals surface area contributed by atoms with Crippen LogP contribution in [0.25, 0.3) is 0 Å². The van der Waals surface area contributed by atoms with Gasteiger partial charge >= 0.3 is 5.97 Å². The van der Waals surface area contributed by atoms with Crippen LogP contribution in [0.1, 0.15) is 38.9 Å². The van der Waals surface area contributed by atoms with Crippen molar-refractivity contribution < 1.29 is 19.4 Å². The van der Waals surface area contributed by atoms with Crippen molar-refractivity contribution in [2.45, 2.75) is 12.5 Å². The third kappa shape index (κ3) is 3.60. The highest BCUT2D eigenvalue weighted by Gasteiger charge is 2.29. The highest BCUT2D eigenvalue weighted by atomic mass is 16.5. The smallest absolute Gasteiger partial charge is 0.354 e. The summed E-state index contributed by atoms with van der Waals surface area (Å²) in [5.41, 5.74) is 1.25. The van der Waals surface area contributed by atoms with Crippen molar-refractivity contribution in [3.05, 3.63) is 65.5 Å². The van der Waals surface area contributed by atoms with E-state index < -0.39 is 5.97 Å². The summed E-state index contributed by atoms with van der Waals surface area (Å²) in [4.78, 5) is 26.9. The Morgan fingerprint density at radius 1 is 1.25 bits per heavy atom. The van der Waals surface area contributed by atoms with Crippen LogP contribution in [0.4, 0.5) is 0 Å². The van der Waals surface area contributed by atoms with Crippen LogP contribution < -0.4 is 5.32 Å². The molecule has 0 saturated carbocycles. The lowest BCUT2D eigenvalue weighted by Gasteiger charge is -2.19. The third-order valence-corrected chi connectivity index (χ3v) is 4.11. The normalized spacial score (nSPS) is 19.8. The van der Waals surface area contributed by atoms with Crippen LogP contribution >= 0.6 is 0 Å². The molecule has 1 amide bonds. The number of nitrogens with one attached hydrogen (secondary N) is 1. The first-order valence-electron chi connectivity index (χ1n) is 7.79. The number of carbonyl (C=O) groups is 2. The van der Waals surface area contributed by atoms with Crippen LogP contribution in [0.5, 0.6) is 0 Å². The van der Waals surface area contributed by atoms with E-state index in [9.17, 15) is 9.59 Å². The van der Waals surface area contributed by atoms with E-state index in [0.717, 1.165) is 12.0 Å². The highest BCUT2D eigenvalue weighted by Crippen LogP contribution is 2.33. The van der Waals surface area contributed by atoms with Gasteiger partial charge in [0.05, 0.1) is 6.10 Å². The van der Waals surface area contributed by atoms with Gasteiger partial charge in [-0.25, -0.2) is 9.78 Å². The van der Waals surface area contributed by atoms with Gasteiger partial charge in [-0.1, -0.05) is 30.3 Å². The second-order valence-electron chi connectivity index (χ2n) is 5.70. The Balaban J connectivity index is 1.63. The lowest BCUT2D eigenvalue weighted by atomic mass is 9.95. The Kier molecular flexibility index (Phi) is 4.86. The zero-order valence-electron chi connectivity index (χ0n) is 13.0. The molecular weight excluding hydrogens is 308 g/mol. The minimum absolute atomic E-state index is 0.0291. The number of ether oxygens (including phenoxy) is 1. The van der Waals surface area contributed by atoms with Crippen LogP contribution in [0.3, 0.4) is 0 Å². The predicted molar refractivity (Wildman–Crippen MR) is 86.8 cm³/mol. The average Bonchev–Trinajstić information content (AvgIpc) is 3.09. The first-order valence-corrected chi connectivity index (χ1v) is 7.79. The second kappa shape index (κ2) is 7.23. The monoisotopic (exact) mass is 326 g/mol. The molecule has 1 fully saturated rings. The summed E-state index contributed by atoms with van der Waals surface area (Å²) in [6.45, 7) is 1.14. The predicted octanol–water partition coefficient (Wildman–Crippen LogP) is 2.29. The maximum absolute atomic E-state index is 12.2. The maximum atomic E-state index is 12.2. The van der Waals surface area contributed by atoms with Crippen LogP contribution in [-0.2, 0) is 4.74 Å². The molecule has 24 heavy (non-hydrogen) atoms. The topological polar surface area (TPSA) is 88.5 Å². The SMILES string of the molecule is O=C(NC[C@@H]1CCO[C@H]1c1ccccc1)c1ccnc(C(=O)O)c1. The summed E-state index contributed by atoms with van der Waals surface area (Å²) in [6, 6.07) is 12.7. The molecule has 0 bridgehead atoms. The zero-order chi connectivity index (χ0) is 16.9. The first-order chi connectivity index (χ1) is 11.6. The van der Waals surface area contributed by atoms with Crippen molar-refractivity contribution in [2.24, 2.45) is 5.92 Å². The van der Waals surface area contributed by atoms with E-state index in [4.69, 9.17) is 9.84 Å². The number of carbonyl (C=O) groups excluding carboxylic acids is 1. The molecule has 124 valence electrons. The van der Waals surface area contributed by atoms with E-state index >= 15 is 0 Å². The fraction of sp³-hybridized carbons (Fsp3) is 0.278. The molecule has 0 aliphatic carbocycles. The molecule has 0 radical (unpaired) electrons. The van der Waals surface area contributed by atoms with Gasteiger partial charge < -0.3 is 15.2 Å². The molecule has 2 N–H and O–H groups in total. The van der Waals surface area contributed by atoms with Crippen molar-refractivity contribution >= 4 is 11.9 Å². The fourth-order valence-corrected chi connectivity index (χ4v) is 2.87. The largest absolute Gasteiger partial charge is 0.477 e. The summed E-state index contributed by atoms with van der Waals surface area (Å²) < 4.78 is 5.80. The quantitative estimate of drug-likeness (QED) is 0.880. The zero-order valence-corrected chi connectivity index (χ0v) is 13.0. The van der Waals surface area contributed by atoms with Gasteiger partial charge in [-0.3, -0.25) is 4.79 Å². The summed E-state index contributed by atoms with van der Waals surface area (Å²) in [5, 5.41) is 11.8. The number of pyridine rings is 1. The molecular formula is C18H18N2O4. The van der Waals surface area contributed by atoms with E-state index in [1.807, 2.05) is 30.3 Å². The molecule has 1 aliphatic rings. The number of carboxylic acid groups (broad SMARTS) is 1.